The molecule has 1 aliphatic carbocycles. The number of likely N-dealkylation sites (tertiary alicyclic amines) is 1. The van der Waals surface area contributed by atoms with Gasteiger partial charge in [-0.25, -0.2) is 12.1 Å². The molecule has 29 heavy (non-hydrogen) atoms. The van der Waals surface area contributed by atoms with Crippen LogP contribution in [0.2, 0.25) is 0 Å². The maximum Gasteiger partial charge on any atom is 0.387 e. The second kappa shape index (κ2) is 9.37. The van der Waals surface area contributed by atoms with Crippen LogP contribution in [-0.2, 0) is 10.3 Å². The number of nitrogens with one attached hydrogen (secondary N) is 1. The molecule has 0 bridgehead atoms. The number of carbonyl (C=O) groups excluding carboxylic acids is 1. The Balaban J connectivity index is 1.80. The maximum atomic E-state index is 12.8. The summed E-state index contributed by atoms with van der Waals surface area (Å²) >= 11 is 0. The highest BCUT2D eigenvalue weighted by molar-refractivity contribution is 5.76. The Labute approximate surface area is 168 Å². The zero-order valence-electron chi connectivity index (χ0n) is 16.1. The number of carbonyl (C=O) groups is 1. The predicted octanol–water partition coefficient (Wildman–Crippen LogP) is 3.33. The number of hydrogen-bond acceptors (Lipinski definition) is 5. The van der Waals surface area contributed by atoms with Crippen molar-refractivity contribution in [1.82, 2.24) is 10.4 Å². The van der Waals surface area contributed by atoms with Gasteiger partial charge in [-0.15, -0.1) is 0 Å². The first-order chi connectivity index (χ1) is 14.0. The molecular formula is C20H25F2N3O4. The first-order valence-electron chi connectivity index (χ1n) is 9.75. The van der Waals surface area contributed by atoms with Crippen LogP contribution in [-0.4, -0.2) is 48.4 Å². The van der Waals surface area contributed by atoms with E-state index in [0.29, 0.717) is 31.5 Å². The molecule has 2 N–H and O–H groups in total. The van der Waals surface area contributed by atoms with E-state index in [-0.39, 0.29) is 24.1 Å². The Morgan fingerprint density at radius 3 is 2.59 bits per heavy atom. The smallest absolute Gasteiger partial charge is 0.387 e. The summed E-state index contributed by atoms with van der Waals surface area (Å²) in [6.07, 6.45) is 4.74. The van der Waals surface area contributed by atoms with Crippen LogP contribution >= 0.6 is 0 Å². The monoisotopic (exact) mass is 409 g/mol. The lowest BCUT2D eigenvalue weighted by atomic mass is 9.81. The van der Waals surface area contributed by atoms with Crippen LogP contribution in [0.5, 0.6) is 11.5 Å². The highest BCUT2D eigenvalue weighted by Crippen LogP contribution is 2.42. The lowest BCUT2D eigenvalue weighted by molar-refractivity contribution is -0.130. The highest BCUT2D eigenvalue weighted by atomic mass is 19.3. The quantitative estimate of drug-likeness (QED) is 0.411. The minimum absolute atomic E-state index is 0.0205. The predicted molar refractivity (Wildman–Crippen MR) is 99.8 cm³/mol. The number of ether oxygens (including phenoxy) is 2. The van der Waals surface area contributed by atoms with Gasteiger partial charge in [-0.05, 0) is 43.9 Å². The Morgan fingerprint density at radius 2 is 2.00 bits per heavy atom. The number of nitrogens with zero attached hydrogens (tertiary/aromatic N) is 2. The second-order valence-corrected chi connectivity index (χ2v) is 7.52. The topological polar surface area (TPSA) is 75.4 Å². The van der Waals surface area contributed by atoms with Crippen molar-refractivity contribution >= 4 is 5.91 Å². The van der Waals surface area contributed by atoms with Gasteiger partial charge in [0.05, 0.1) is 12.6 Å². The van der Waals surface area contributed by atoms with Crippen LogP contribution in [0.4, 0.5) is 8.78 Å². The van der Waals surface area contributed by atoms with E-state index in [1.54, 1.807) is 17.6 Å². The van der Waals surface area contributed by atoms with Gasteiger partial charge in [0.2, 0.25) is 0 Å². The molecule has 1 saturated heterocycles. The number of alkyl halides is 2. The molecule has 0 radical (unpaired) electrons. The summed E-state index contributed by atoms with van der Waals surface area (Å²) in [6, 6.07) is 4.75. The van der Waals surface area contributed by atoms with Crippen molar-refractivity contribution in [2.24, 2.45) is 0 Å². The van der Waals surface area contributed by atoms with Crippen LogP contribution in [0, 0.1) is 6.57 Å². The van der Waals surface area contributed by atoms with E-state index in [1.165, 1.54) is 6.07 Å². The van der Waals surface area contributed by atoms with Crippen molar-refractivity contribution in [2.45, 2.75) is 56.8 Å². The Bertz CT molecular complexity index is 755. The van der Waals surface area contributed by atoms with Gasteiger partial charge in [0.25, 0.3) is 11.4 Å². The fraction of sp³-hybridized carbons (Fsp3) is 0.600. The van der Waals surface area contributed by atoms with E-state index in [4.69, 9.17) is 16.5 Å². The number of hydrogen-bond donors (Lipinski definition) is 2. The number of rotatable bonds is 7. The van der Waals surface area contributed by atoms with Gasteiger partial charge >= 0.3 is 6.61 Å². The first kappa shape index (κ1) is 21.3. The van der Waals surface area contributed by atoms with Gasteiger partial charge in [-0.1, -0.05) is 0 Å². The zero-order valence-corrected chi connectivity index (χ0v) is 16.1. The molecule has 7 nitrogen and oxygen atoms in total. The Kier molecular flexibility index (Phi) is 6.87. The van der Waals surface area contributed by atoms with Gasteiger partial charge < -0.3 is 14.3 Å². The summed E-state index contributed by atoms with van der Waals surface area (Å²) in [7, 11) is 0. The van der Waals surface area contributed by atoms with Crippen molar-refractivity contribution in [3.63, 3.8) is 0 Å². The van der Waals surface area contributed by atoms with E-state index in [9.17, 15) is 13.6 Å². The molecule has 9 heteroatoms. The first-order valence-corrected chi connectivity index (χ1v) is 9.75. The normalized spacial score (nSPS) is 19.7. The molecule has 1 saturated carbocycles. The molecule has 0 spiro atoms. The average molecular weight is 409 g/mol. The number of piperidine rings is 1. The van der Waals surface area contributed by atoms with Crippen LogP contribution in [0.1, 0.15) is 44.1 Å². The molecular weight excluding hydrogens is 384 g/mol. The molecule has 0 atom stereocenters. The number of benzene rings is 1. The van der Waals surface area contributed by atoms with Crippen LogP contribution in [0.3, 0.4) is 0 Å². The largest absolute Gasteiger partial charge is 0.487 e. The number of amides is 1. The minimum Gasteiger partial charge on any atom is -0.487 e. The molecule has 2 aliphatic rings. The minimum atomic E-state index is -2.96. The molecule has 0 unspecified atom stereocenters. The third-order valence-electron chi connectivity index (χ3n) is 5.68. The van der Waals surface area contributed by atoms with Crippen molar-refractivity contribution in [3.8, 4) is 11.5 Å². The average Bonchev–Trinajstić information content (AvgIpc) is 3.23. The SMILES string of the molecule is [C-]#[N+]C1(c2ccc(OC(F)F)c(OC3CCCC3)c2)CCN(CC(=O)NO)CC1. The molecule has 1 heterocycles. The summed E-state index contributed by atoms with van der Waals surface area (Å²) in [4.78, 5) is 17.1. The summed E-state index contributed by atoms with van der Waals surface area (Å²) in [6.45, 7) is 5.89. The lowest BCUT2D eigenvalue weighted by Gasteiger charge is -2.34. The zero-order chi connectivity index (χ0) is 20.9. The summed E-state index contributed by atoms with van der Waals surface area (Å²) in [5.41, 5.74) is 1.50. The van der Waals surface area contributed by atoms with Crippen LogP contribution in [0.25, 0.3) is 4.85 Å². The molecule has 1 amide bonds. The van der Waals surface area contributed by atoms with Crippen LogP contribution in [0.15, 0.2) is 18.2 Å². The van der Waals surface area contributed by atoms with Gasteiger partial charge in [0, 0.05) is 31.5 Å². The summed E-state index contributed by atoms with van der Waals surface area (Å²) in [5, 5.41) is 8.67. The van der Waals surface area contributed by atoms with Crippen LogP contribution < -0.4 is 15.0 Å². The standard InChI is InChI=1S/C20H25F2N3O4/c1-23-20(8-10-25(11-9-20)13-18(26)24-27)14-6-7-16(29-19(21)22)17(12-14)28-15-4-2-3-5-15/h6-7,12,15,19,27H,2-5,8-11,13H2,(H,24,26). The molecule has 2 fully saturated rings. The summed E-state index contributed by atoms with van der Waals surface area (Å²) in [5.74, 6) is -0.270. The summed E-state index contributed by atoms with van der Waals surface area (Å²) < 4.78 is 36.2. The van der Waals surface area contributed by atoms with Gasteiger partial charge in [0.1, 0.15) is 0 Å². The van der Waals surface area contributed by atoms with Gasteiger partial charge in [-0.3, -0.25) is 14.9 Å². The Morgan fingerprint density at radius 1 is 1.31 bits per heavy atom. The highest BCUT2D eigenvalue weighted by Gasteiger charge is 2.43. The molecule has 1 aliphatic heterocycles. The van der Waals surface area contributed by atoms with Crippen molar-refractivity contribution in [2.75, 3.05) is 19.6 Å². The molecule has 158 valence electrons. The molecule has 1 aromatic rings. The van der Waals surface area contributed by atoms with Crippen molar-refractivity contribution in [3.05, 3.63) is 35.2 Å². The van der Waals surface area contributed by atoms with E-state index < -0.39 is 18.1 Å². The third-order valence-corrected chi connectivity index (χ3v) is 5.68. The Hall–Kier alpha value is -2.44. The molecule has 0 aromatic heterocycles. The molecule has 3 rings (SSSR count). The van der Waals surface area contributed by atoms with E-state index in [2.05, 4.69) is 9.58 Å². The molecule has 1 aromatic carbocycles. The van der Waals surface area contributed by atoms with Crippen molar-refractivity contribution < 1.29 is 28.3 Å². The fourth-order valence-electron chi connectivity index (χ4n) is 4.05. The van der Waals surface area contributed by atoms with Gasteiger partial charge in [0.15, 0.2) is 11.5 Å². The second-order valence-electron chi connectivity index (χ2n) is 7.52. The third kappa shape index (κ3) is 5.14. The lowest BCUT2D eigenvalue weighted by Crippen LogP contribution is -2.44. The van der Waals surface area contributed by atoms with Gasteiger partial charge in [-0.2, -0.15) is 8.78 Å². The number of hydroxylamine groups is 1. The van der Waals surface area contributed by atoms with E-state index in [1.807, 2.05) is 4.90 Å². The van der Waals surface area contributed by atoms with Crippen molar-refractivity contribution in [1.29, 1.82) is 0 Å². The van der Waals surface area contributed by atoms with E-state index in [0.717, 1.165) is 25.7 Å². The number of halogens is 2. The fourth-order valence-corrected chi connectivity index (χ4v) is 4.05. The maximum absolute atomic E-state index is 12.8. The van der Waals surface area contributed by atoms with E-state index >= 15 is 0 Å².